The van der Waals surface area contributed by atoms with Crippen LogP contribution in [0.5, 0.6) is 0 Å². The first-order chi connectivity index (χ1) is 65.5. The predicted octanol–water partition coefficient (Wildman–Crippen LogP) is 31.3. The van der Waals surface area contributed by atoms with Crippen LogP contribution in [0, 0.1) is 0 Å². The van der Waals surface area contributed by atoms with Gasteiger partial charge in [0.1, 0.15) is 39.8 Å². The van der Waals surface area contributed by atoms with E-state index in [1.54, 1.807) is 12.4 Å². The molecule has 620 valence electrons. The molecule has 0 unspecified atom stereocenters. The van der Waals surface area contributed by atoms with Crippen molar-refractivity contribution in [1.29, 1.82) is 0 Å². The number of benzene rings is 14. The summed E-state index contributed by atoms with van der Waals surface area (Å²) >= 11 is 0. The lowest BCUT2D eigenvalue weighted by atomic mass is 9.98. The third-order valence-corrected chi connectivity index (χ3v) is 25.0. The lowest BCUT2D eigenvalue weighted by molar-refractivity contribution is 0.635. The Balaban J connectivity index is 0.000000110. The fourth-order valence-electron chi connectivity index (χ4n) is 19.2. The zero-order valence-corrected chi connectivity index (χ0v) is 71.2. The second kappa shape index (κ2) is 33.4. The highest BCUT2D eigenvalue weighted by atomic mass is 16.3. The third kappa shape index (κ3) is 13.8. The summed E-state index contributed by atoms with van der Waals surface area (Å²) in [4.78, 5) is 27.5. The number of rotatable bonds is 14. The molecule has 0 bridgehead atoms. The Morgan fingerprint density at radius 2 is 0.523 bits per heavy atom. The monoisotopic (exact) mass is 1690 g/mol. The molecule has 0 spiro atoms. The van der Waals surface area contributed by atoms with E-state index in [0.717, 1.165) is 239 Å². The second-order valence-electron chi connectivity index (χ2n) is 32.7. The fraction of sp³-hybridized carbons (Fsp3) is 0. The van der Waals surface area contributed by atoms with Gasteiger partial charge in [-0.3, -0.25) is 29.5 Å². The first-order valence-electron chi connectivity index (χ1n) is 44.1. The summed E-state index contributed by atoms with van der Waals surface area (Å²) in [5.41, 5.74) is 31.3. The summed E-state index contributed by atoms with van der Waals surface area (Å²) in [6.07, 6.45) is 14.7. The highest BCUT2D eigenvalue weighted by molar-refractivity contribution is 6.26. The maximum atomic E-state index is 6.97. The van der Waals surface area contributed by atoms with Crippen molar-refractivity contribution < 1.29 is 13.3 Å². The maximum absolute atomic E-state index is 6.97. The van der Waals surface area contributed by atoms with Crippen LogP contribution in [-0.2, 0) is 0 Å². The van der Waals surface area contributed by atoms with E-state index in [1.165, 1.54) is 0 Å². The number of nitrogens with zero attached hydrogens (tertiary/aromatic N) is 9. The minimum atomic E-state index is 0.859. The van der Waals surface area contributed by atoms with Gasteiger partial charge in [-0.2, -0.15) is 0 Å². The number of para-hydroxylation sites is 3. The number of hydrogen-bond donors (Lipinski definition) is 0. The predicted molar refractivity (Wildman–Crippen MR) is 538 cm³/mol. The van der Waals surface area contributed by atoms with Gasteiger partial charge in [0.2, 0.25) is 0 Å². The molecule has 0 saturated carbocycles. The van der Waals surface area contributed by atoms with Gasteiger partial charge in [-0.15, -0.1) is 0 Å². The Morgan fingerprint density at radius 3 is 0.902 bits per heavy atom. The van der Waals surface area contributed by atoms with Gasteiger partial charge in [0.05, 0.1) is 66.3 Å². The summed E-state index contributed by atoms with van der Waals surface area (Å²) in [5, 5.41) is 9.98. The summed E-state index contributed by atoms with van der Waals surface area (Å²) in [6.45, 7) is 0. The Labute approximate surface area is 758 Å². The molecule has 0 atom stereocenters. The summed E-state index contributed by atoms with van der Waals surface area (Å²) < 4.78 is 27.7. The van der Waals surface area contributed by atoms with Gasteiger partial charge >= 0.3 is 0 Å². The molecule has 0 saturated heterocycles. The summed E-state index contributed by atoms with van der Waals surface area (Å²) in [6, 6.07) is 145. The van der Waals surface area contributed by atoms with Gasteiger partial charge in [-0.25, -0.2) is 4.98 Å². The highest BCUT2D eigenvalue weighted by Gasteiger charge is 2.29. The highest BCUT2D eigenvalue weighted by Crippen LogP contribution is 2.51. The standard InChI is InChI=1S/2C42H27N3O.C36H23N3O/c1-3-13-28(14-4-1)39-34-21-22-38-40(42(34)46-41(39)29-15-5-2-6-16-29)33-17-7-8-20-37(33)45(38)32-26-30(35-18-9-11-23-43-35)25-31(27-32)36-19-10-12-24-44-36;1-3-11-28(12-4-1)39-36-19-20-38-40(42(36)46-41(39)29-13-5-2-6-14-29)35-17-7-8-18-37(35)45(38)34-24-32(30-15-9-21-43-26-30)23-33(25-34)31-16-10-22-44-27-31;1-3-10-25(11-4-1)33-28-18-19-31-34(36(28)40-35(33)26-12-5-2-6-13-26)27-14-7-8-16-30(27)39(31)32-17-9-15-29(38-32)24-20-22-37-23-21-24/h2*1-27H;1-23H. The van der Waals surface area contributed by atoms with Gasteiger partial charge in [0.15, 0.2) is 0 Å². The normalized spacial score (nSPS) is 11.5. The topological polar surface area (TPSA) is 132 Å². The van der Waals surface area contributed by atoms with Crippen LogP contribution in [0.4, 0.5) is 0 Å². The zero-order valence-electron chi connectivity index (χ0n) is 71.2. The van der Waals surface area contributed by atoms with E-state index < -0.39 is 0 Å². The van der Waals surface area contributed by atoms with Crippen molar-refractivity contribution in [3.63, 3.8) is 0 Å². The van der Waals surface area contributed by atoms with Crippen LogP contribution in [0.3, 0.4) is 0 Å². The van der Waals surface area contributed by atoms with Crippen molar-refractivity contribution in [1.82, 2.24) is 43.6 Å². The van der Waals surface area contributed by atoms with E-state index >= 15 is 0 Å². The molecule has 0 fully saturated rings. The van der Waals surface area contributed by atoms with Crippen LogP contribution in [0.25, 0.3) is 239 Å². The van der Waals surface area contributed by atoms with Crippen LogP contribution in [0.1, 0.15) is 0 Å². The number of aromatic nitrogens is 9. The van der Waals surface area contributed by atoms with Crippen LogP contribution in [0.15, 0.2) is 481 Å². The van der Waals surface area contributed by atoms with Crippen LogP contribution < -0.4 is 0 Å². The molecule has 0 radical (unpaired) electrons. The van der Waals surface area contributed by atoms with Gasteiger partial charge in [-0.05, 0) is 179 Å². The smallest absolute Gasteiger partial charge is 0.145 e. The van der Waals surface area contributed by atoms with E-state index in [1.807, 2.05) is 116 Å². The first-order valence-corrected chi connectivity index (χ1v) is 44.1. The first kappa shape index (κ1) is 77.6. The molecule has 0 aliphatic carbocycles. The Bertz CT molecular complexity index is 8300. The van der Waals surface area contributed by atoms with Crippen LogP contribution >= 0.6 is 0 Å². The fourth-order valence-corrected chi connectivity index (χ4v) is 19.2. The average molecular weight is 1690 g/mol. The Kier molecular flexibility index (Phi) is 19.6. The number of hydrogen-bond acceptors (Lipinski definition) is 9. The number of pyridine rings is 6. The van der Waals surface area contributed by atoms with Crippen molar-refractivity contribution in [3.05, 3.63) is 468 Å². The van der Waals surface area contributed by atoms with Crippen molar-refractivity contribution in [2.45, 2.75) is 0 Å². The molecule has 12 heteroatoms. The molecule has 132 heavy (non-hydrogen) atoms. The molecule has 0 aliphatic rings. The lowest BCUT2D eigenvalue weighted by Gasteiger charge is -2.13. The van der Waals surface area contributed by atoms with Gasteiger partial charge < -0.3 is 22.4 Å². The van der Waals surface area contributed by atoms with E-state index in [0.29, 0.717) is 0 Å². The third-order valence-electron chi connectivity index (χ3n) is 25.0. The van der Waals surface area contributed by atoms with E-state index in [9.17, 15) is 0 Å². The minimum Gasteiger partial charge on any atom is -0.455 e. The number of furan rings is 3. The van der Waals surface area contributed by atoms with Gasteiger partial charge in [0.25, 0.3) is 0 Å². The van der Waals surface area contributed by atoms with Gasteiger partial charge in [0, 0.05) is 154 Å². The minimum absolute atomic E-state index is 0.859. The lowest BCUT2D eigenvalue weighted by Crippen LogP contribution is -1.98. The molecule has 0 N–H and O–H groups in total. The quantitative estimate of drug-likeness (QED) is 0.104. The Morgan fingerprint density at radius 1 is 0.189 bits per heavy atom. The summed E-state index contributed by atoms with van der Waals surface area (Å²) in [5.74, 6) is 3.49. The molecular formula is C120H77N9O3. The van der Waals surface area contributed by atoms with Crippen molar-refractivity contribution >= 4 is 98.3 Å². The molecule has 26 aromatic rings. The number of fused-ring (bicyclic) bond motifs is 15. The van der Waals surface area contributed by atoms with Crippen LogP contribution in [-0.4, -0.2) is 43.6 Å². The molecule has 12 nitrogen and oxygen atoms in total. The zero-order chi connectivity index (χ0) is 87.4. The van der Waals surface area contributed by atoms with Crippen molar-refractivity contribution in [2.24, 2.45) is 0 Å². The molecule has 0 aliphatic heterocycles. The molecular weight excluding hydrogens is 1620 g/mol. The van der Waals surface area contributed by atoms with Crippen LogP contribution in [0.2, 0.25) is 0 Å². The second-order valence-corrected chi connectivity index (χ2v) is 32.7. The molecule has 0 amide bonds. The Hall–Kier alpha value is -18.0. The average Bonchev–Trinajstić information content (AvgIpc) is 1.57. The maximum Gasteiger partial charge on any atom is 0.145 e. The molecule has 12 heterocycles. The largest absolute Gasteiger partial charge is 0.455 e. The SMILES string of the molecule is c1ccc(-c2oc3c(ccc4c3c3ccccc3n4-c3cc(-c4ccccn4)cc(-c4ccccn4)c3)c2-c2ccccc2)cc1.c1ccc(-c2oc3c(ccc4c3c3ccccc3n4-c3cc(-c4cccnc4)cc(-c4cccnc4)c3)c2-c2ccccc2)cc1.c1ccc(-c2oc3c(ccc4c3c3ccccc3n4-c3cccc(-c4ccncc4)n3)c2-c2ccccc2)cc1. The van der Waals surface area contributed by atoms with Crippen molar-refractivity contribution in [2.75, 3.05) is 0 Å². The van der Waals surface area contributed by atoms with E-state index in [-0.39, 0.29) is 0 Å². The molecule has 12 aromatic heterocycles. The van der Waals surface area contributed by atoms with Gasteiger partial charge in [-0.1, -0.05) is 267 Å². The van der Waals surface area contributed by atoms with E-state index in [2.05, 4.69) is 368 Å². The molecule has 14 aromatic carbocycles. The molecule has 26 rings (SSSR count). The van der Waals surface area contributed by atoms with Crippen molar-refractivity contribution in [3.8, 4) is 141 Å². The van der Waals surface area contributed by atoms with E-state index in [4.69, 9.17) is 28.2 Å². The summed E-state index contributed by atoms with van der Waals surface area (Å²) in [7, 11) is 0.